The molecule has 0 radical (unpaired) electrons. The van der Waals surface area contributed by atoms with Crippen LogP contribution in [0.25, 0.3) is 33.2 Å². The van der Waals surface area contributed by atoms with E-state index in [-0.39, 0.29) is 0 Å². The summed E-state index contributed by atoms with van der Waals surface area (Å²) in [6.07, 6.45) is 3.40. The molecule has 1 aliphatic rings. The van der Waals surface area contributed by atoms with Crippen molar-refractivity contribution in [3.63, 3.8) is 0 Å². The Kier molecular flexibility index (Phi) is 4.13. The molecule has 4 aromatic rings. The summed E-state index contributed by atoms with van der Waals surface area (Å²) < 4.78 is 5.44. The number of aryl methyl sites for hydroxylation is 1. The number of nitrogens with two attached hydrogens (primary N) is 1. The Balaban J connectivity index is 1.69. The first-order valence-electron chi connectivity index (χ1n) is 9.48. The average molecular weight is 388 g/mol. The maximum atomic E-state index is 12.2. The zero-order valence-electron chi connectivity index (χ0n) is 16.0. The van der Waals surface area contributed by atoms with Gasteiger partial charge in [0.2, 0.25) is 0 Å². The highest BCUT2D eigenvalue weighted by molar-refractivity contribution is 6.14. The van der Waals surface area contributed by atoms with E-state index >= 15 is 0 Å². The van der Waals surface area contributed by atoms with Crippen LogP contribution in [0.1, 0.15) is 16.2 Å². The number of hydrogen-bond donors (Lipinski definition) is 2. The number of hydrogen-bond acceptors (Lipinski definition) is 6. The van der Waals surface area contributed by atoms with Crippen LogP contribution in [0.3, 0.4) is 0 Å². The van der Waals surface area contributed by atoms with Gasteiger partial charge in [-0.3, -0.25) is 4.79 Å². The Morgan fingerprint density at radius 2 is 1.93 bits per heavy atom. The number of H-pyrrole nitrogens is 1. The number of ether oxygens (including phenoxy) is 1. The number of nitrogens with one attached hydrogen (secondary N) is 1. The molecular formula is C21H20N6O2. The van der Waals surface area contributed by atoms with Gasteiger partial charge in [-0.15, -0.1) is 0 Å². The van der Waals surface area contributed by atoms with E-state index in [0.29, 0.717) is 28.1 Å². The van der Waals surface area contributed by atoms with E-state index in [0.717, 1.165) is 48.5 Å². The second kappa shape index (κ2) is 6.82. The topological polar surface area (TPSA) is 110 Å². The summed E-state index contributed by atoms with van der Waals surface area (Å²) in [7, 11) is 0. The lowest BCUT2D eigenvalue weighted by Crippen LogP contribution is -2.36. The summed E-state index contributed by atoms with van der Waals surface area (Å²) >= 11 is 0. The quantitative estimate of drug-likeness (QED) is 0.558. The Bertz CT molecular complexity index is 1230. The number of morpholine rings is 1. The minimum Gasteiger partial charge on any atom is -0.378 e. The van der Waals surface area contributed by atoms with Gasteiger partial charge in [-0.1, -0.05) is 0 Å². The van der Waals surface area contributed by atoms with Crippen molar-refractivity contribution in [2.45, 2.75) is 6.92 Å². The number of carbonyl (C=O) groups excluding carboxylic acids is 1. The number of anilines is 1. The maximum absolute atomic E-state index is 12.2. The molecule has 1 saturated heterocycles. The molecule has 0 atom stereocenters. The number of carbonyl (C=O) groups is 1. The monoisotopic (exact) mass is 388 g/mol. The van der Waals surface area contributed by atoms with Crippen molar-refractivity contribution in [1.82, 2.24) is 19.9 Å². The molecule has 1 aliphatic heterocycles. The first-order valence-corrected chi connectivity index (χ1v) is 9.48. The number of fused-ring (bicyclic) bond motifs is 3. The number of nitrogens with zero attached hydrogens (tertiary/aromatic N) is 4. The molecule has 0 unspecified atom stereocenters. The highest BCUT2D eigenvalue weighted by Gasteiger charge is 2.18. The SMILES string of the molecule is Cc1ncc(-c2cc(C(N)=O)c3[nH]c4cc(N5CCOCC5)ccc4c3n2)cn1. The highest BCUT2D eigenvalue weighted by Crippen LogP contribution is 2.32. The summed E-state index contributed by atoms with van der Waals surface area (Å²) in [4.78, 5) is 31.1. The van der Waals surface area contributed by atoms with Crippen LogP contribution in [-0.4, -0.2) is 52.1 Å². The van der Waals surface area contributed by atoms with E-state index in [9.17, 15) is 4.79 Å². The normalized spacial score (nSPS) is 14.6. The first-order chi connectivity index (χ1) is 14.1. The standard InChI is InChI=1S/C21H20N6O2/c1-12-23-10-13(11-24-12)17-9-16(21(22)28)20-19(25-17)15-3-2-14(8-18(15)26-20)27-4-6-29-7-5-27/h2-3,8-11,26H,4-7H2,1H3,(H2,22,28). The maximum Gasteiger partial charge on any atom is 0.250 e. The largest absolute Gasteiger partial charge is 0.378 e. The van der Waals surface area contributed by atoms with E-state index in [1.807, 2.05) is 13.0 Å². The second-order valence-corrected chi connectivity index (χ2v) is 7.12. The molecular weight excluding hydrogens is 368 g/mol. The Labute approximate surface area is 166 Å². The average Bonchev–Trinajstić information content (AvgIpc) is 3.12. The molecule has 0 bridgehead atoms. The van der Waals surface area contributed by atoms with Gasteiger partial charge in [0.15, 0.2) is 0 Å². The molecule has 0 spiro atoms. The van der Waals surface area contributed by atoms with Gasteiger partial charge in [-0.25, -0.2) is 15.0 Å². The number of aromatic nitrogens is 4. The minimum atomic E-state index is -0.508. The number of rotatable bonds is 3. The lowest BCUT2D eigenvalue weighted by atomic mass is 10.1. The van der Waals surface area contributed by atoms with Crippen molar-refractivity contribution in [2.24, 2.45) is 5.73 Å². The third-order valence-electron chi connectivity index (χ3n) is 5.26. The molecule has 146 valence electrons. The van der Waals surface area contributed by atoms with Crippen LogP contribution < -0.4 is 10.6 Å². The fourth-order valence-corrected chi connectivity index (χ4v) is 3.73. The number of benzene rings is 1. The molecule has 1 aromatic carbocycles. The van der Waals surface area contributed by atoms with Crippen LogP contribution >= 0.6 is 0 Å². The van der Waals surface area contributed by atoms with E-state index < -0.39 is 5.91 Å². The predicted molar refractivity (Wildman–Crippen MR) is 111 cm³/mol. The van der Waals surface area contributed by atoms with Crippen molar-refractivity contribution in [1.29, 1.82) is 0 Å². The molecule has 5 rings (SSSR count). The van der Waals surface area contributed by atoms with Crippen LogP contribution in [0, 0.1) is 6.92 Å². The number of aromatic amines is 1. The molecule has 3 N–H and O–H groups in total. The lowest BCUT2D eigenvalue weighted by molar-refractivity contribution is 0.100. The summed E-state index contributed by atoms with van der Waals surface area (Å²) in [6.45, 7) is 4.98. The summed E-state index contributed by atoms with van der Waals surface area (Å²) in [5, 5.41) is 0.939. The summed E-state index contributed by atoms with van der Waals surface area (Å²) in [5.74, 6) is 0.166. The molecule has 1 fully saturated rings. The fourth-order valence-electron chi connectivity index (χ4n) is 3.73. The van der Waals surface area contributed by atoms with Gasteiger partial charge in [0, 0.05) is 42.1 Å². The van der Waals surface area contributed by atoms with Crippen LogP contribution in [0.4, 0.5) is 5.69 Å². The molecule has 8 heteroatoms. The Morgan fingerprint density at radius 1 is 1.17 bits per heavy atom. The van der Waals surface area contributed by atoms with E-state index in [2.05, 4.69) is 32.0 Å². The number of primary amides is 1. The van der Waals surface area contributed by atoms with Crippen molar-refractivity contribution >= 4 is 33.5 Å². The Morgan fingerprint density at radius 3 is 2.66 bits per heavy atom. The smallest absolute Gasteiger partial charge is 0.250 e. The summed E-state index contributed by atoms with van der Waals surface area (Å²) in [6, 6.07) is 7.89. The van der Waals surface area contributed by atoms with Gasteiger partial charge < -0.3 is 20.4 Å². The van der Waals surface area contributed by atoms with Gasteiger partial charge in [0.05, 0.1) is 41.0 Å². The van der Waals surface area contributed by atoms with Gasteiger partial charge in [0.1, 0.15) is 5.82 Å². The van der Waals surface area contributed by atoms with Gasteiger partial charge in [0.25, 0.3) is 5.91 Å². The molecule has 0 aliphatic carbocycles. The van der Waals surface area contributed by atoms with Crippen molar-refractivity contribution in [3.05, 3.63) is 48.0 Å². The zero-order valence-corrected chi connectivity index (χ0v) is 16.0. The molecule has 1 amide bonds. The molecule has 8 nitrogen and oxygen atoms in total. The van der Waals surface area contributed by atoms with Gasteiger partial charge in [-0.2, -0.15) is 0 Å². The number of amides is 1. The Hall–Kier alpha value is -3.52. The van der Waals surface area contributed by atoms with Crippen LogP contribution in [0.5, 0.6) is 0 Å². The van der Waals surface area contributed by atoms with Crippen LogP contribution in [0.2, 0.25) is 0 Å². The predicted octanol–water partition coefficient (Wildman–Crippen LogP) is 2.42. The van der Waals surface area contributed by atoms with Crippen LogP contribution in [0.15, 0.2) is 36.7 Å². The highest BCUT2D eigenvalue weighted by atomic mass is 16.5. The first kappa shape index (κ1) is 17.6. The van der Waals surface area contributed by atoms with E-state index in [1.54, 1.807) is 18.5 Å². The van der Waals surface area contributed by atoms with Crippen molar-refractivity contribution < 1.29 is 9.53 Å². The second-order valence-electron chi connectivity index (χ2n) is 7.12. The van der Waals surface area contributed by atoms with Crippen LogP contribution in [-0.2, 0) is 4.74 Å². The summed E-state index contributed by atoms with van der Waals surface area (Å²) in [5.41, 5.74) is 10.8. The molecule has 0 saturated carbocycles. The zero-order chi connectivity index (χ0) is 20.0. The van der Waals surface area contributed by atoms with Crippen molar-refractivity contribution in [3.8, 4) is 11.3 Å². The molecule has 4 heterocycles. The van der Waals surface area contributed by atoms with E-state index in [4.69, 9.17) is 15.5 Å². The van der Waals surface area contributed by atoms with Crippen molar-refractivity contribution in [2.75, 3.05) is 31.2 Å². The minimum absolute atomic E-state index is 0.398. The fraction of sp³-hybridized carbons (Fsp3) is 0.238. The van der Waals surface area contributed by atoms with Gasteiger partial charge in [-0.05, 0) is 31.2 Å². The third kappa shape index (κ3) is 3.07. The third-order valence-corrected chi connectivity index (χ3v) is 5.26. The molecule has 3 aromatic heterocycles. The lowest BCUT2D eigenvalue weighted by Gasteiger charge is -2.28. The van der Waals surface area contributed by atoms with Gasteiger partial charge >= 0.3 is 0 Å². The number of pyridine rings is 1. The van der Waals surface area contributed by atoms with E-state index in [1.165, 1.54) is 0 Å². The molecule has 29 heavy (non-hydrogen) atoms.